The first kappa shape index (κ1) is 27.9. The van der Waals surface area contributed by atoms with Crippen LogP contribution in [-0.4, -0.2) is 16.3 Å². The molecule has 39 heavy (non-hydrogen) atoms. The van der Waals surface area contributed by atoms with Crippen LogP contribution in [0.4, 0.5) is 9.18 Å². The second kappa shape index (κ2) is 11.7. The molecule has 6 nitrogen and oxygen atoms in total. The zero-order valence-corrected chi connectivity index (χ0v) is 23.1. The first-order chi connectivity index (χ1) is 18.5. The number of alkyl carbamates (subject to hydrolysis) is 1. The molecule has 1 heterocycles. The Morgan fingerprint density at radius 3 is 2.38 bits per heavy atom. The second-order valence-corrected chi connectivity index (χ2v) is 11.0. The lowest BCUT2D eigenvalue weighted by molar-refractivity contribution is 0.0522. The van der Waals surface area contributed by atoms with E-state index in [4.69, 9.17) is 9.47 Å². The van der Waals surface area contributed by atoms with Crippen molar-refractivity contribution >= 4 is 16.9 Å². The lowest BCUT2D eigenvalue weighted by Crippen LogP contribution is -2.35. The van der Waals surface area contributed by atoms with Crippen molar-refractivity contribution < 1.29 is 18.7 Å². The van der Waals surface area contributed by atoms with Gasteiger partial charge >= 0.3 is 6.09 Å². The first-order valence-corrected chi connectivity index (χ1v) is 13.1. The largest absolute Gasteiger partial charge is 0.489 e. The average Bonchev–Trinajstić information content (AvgIpc) is 2.87. The van der Waals surface area contributed by atoms with E-state index in [1.165, 1.54) is 12.1 Å². The number of rotatable bonds is 8. The van der Waals surface area contributed by atoms with Crippen LogP contribution >= 0.6 is 0 Å². The molecule has 0 fully saturated rings. The Balaban J connectivity index is 1.89. The first-order valence-electron chi connectivity index (χ1n) is 13.1. The number of pyridine rings is 1. The number of nitrogens with one attached hydrogen (secondary N) is 1. The minimum Gasteiger partial charge on any atom is -0.489 e. The molecule has 0 atom stereocenters. The number of fused-ring (bicyclic) bond motifs is 1. The van der Waals surface area contributed by atoms with E-state index in [9.17, 15) is 14.0 Å². The predicted molar refractivity (Wildman–Crippen MR) is 152 cm³/mol. The molecule has 1 N–H and O–H groups in total. The van der Waals surface area contributed by atoms with Crippen molar-refractivity contribution in [3.63, 3.8) is 0 Å². The monoisotopic (exact) mass is 530 g/mol. The number of hydrogen-bond donors (Lipinski definition) is 1. The highest BCUT2D eigenvalue weighted by atomic mass is 19.1. The standard InChI is InChI=1S/C32H35FN2O4/c1-21(2)19-35-28(18-34-31(37)39-32(3,4)5)29(23-12-9-13-24(33)16-23)27-17-25(14-15-26(27)30(35)36)38-20-22-10-7-6-8-11-22/h6-17,21H,18-20H2,1-5H3,(H,34,37). The van der Waals surface area contributed by atoms with E-state index in [1.54, 1.807) is 49.6 Å². The number of carbonyl (C=O) groups is 1. The lowest BCUT2D eigenvalue weighted by Gasteiger charge is -2.23. The molecule has 0 radical (unpaired) electrons. The fourth-order valence-electron chi connectivity index (χ4n) is 4.48. The van der Waals surface area contributed by atoms with E-state index in [0.717, 1.165) is 5.56 Å². The van der Waals surface area contributed by atoms with Crippen LogP contribution in [0, 0.1) is 11.7 Å². The number of amides is 1. The quantitative estimate of drug-likeness (QED) is 0.265. The molecule has 3 aromatic carbocycles. The van der Waals surface area contributed by atoms with Gasteiger partial charge in [0, 0.05) is 28.6 Å². The molecule has 0 bridgehead atoms. The van der Waals surface area contributed by atoms with E-state index in [-0.39, 0.29) is 18.0 Å². The molecule has 0 aliphatic heterocycles. The molecular formula is C32H35FN2O4. The molecule has 204 valence electrons. The van der Waals surface area contributed by atoms with Gasteiger partial charge in [-0.15, -0.1) is 0 Å². The number of hydrogen-bond acceptors (Lipinski definition) is 4. The van der Waals surface area contributed by atoms with Crippen LogP contribution in [0.15, 0.2) is 77.6 Å². The van der Waals surface area contributed by atoms with Gasteiger partial charge in [0.2, 0.25) is 0 Å². The Labute approximate surface area is 228 Å². The SMILES string of the molecule is CC(C)Cn1c(CNC(=O)OC(C)(C)C)c(-c2cccc(F)c2)c2cc(OCc3ccccc3)ccc2c1=O. The summed E-state index contributed by atoms with van der Waals surface area (Å²) in [6.07, 6.45) is -0.601. The maximum atomic E-state index is 14.5. The highest BCUT2D eigenvalue weighted by molar-refractivity contribution is 5.98. The molecular weight excluding hydrogens is 495 g/mol. The van der Waals surface area contributed by atoms with Crippen molar-refractivity contribution in [3.8, 4) is 16.9 Å². The fraction of sp³-hybridized carbons (Fsp3) is 0.312. The summed E-state index contributed by atoms with van der Waals surface area (Å²) in [7, 11) is 0. The molecule has 0 unspecified atom stereocenters. The number of halogens is 1. The summed E-state index contributed by atoms with van der Waals surface area (Å²) in [6.45, 7) is 10.2. The summed E-state index contributed by atoms with van der Waals surface area (Å²) in [5, 5.41) is 3.91. The van der Waals surface area contributed by atoms with Crippen LogP contribution in [-0.2, 0) is 24.4 Å². The van der Waals surface area contributed by atoms with Crippen molar-refractivity contribution in [3.05, 3.63) is 100 Å². The molecule has 1 amide bonds. The Morgan fingerprint density at radius 1 is 0.974 bits per heavy atom. The highest BCUT2D eigenvalue weighted by Crippen LogP contribution is 2.34. The van der Waals surface area contributed by atoms with Crippen molar-refractivity contribution in [1.82, 2.24) is 9.88 Å². The summed E-state index contributed by atoms with van der Waals surface area (Å²) in [5.41, 5.74) is 1.97. The predicted octanol–water partition coefficient (Wildman–Crippen LogP) is 7.07. The van der Waals surface area contributed by atoms with Crippen molar-refractivity contribution in [2.45, 2.75) is 59.9 Å². The van der Waals surface area contributed by atoms with Crippen LogP contribution in [0.25, 0.3) is 21.9 Å². The molecule has 0 aliphatic rings. The van der Waals surface area contributed by atoms with Gasteiger partial charge in [0.25, 0.3) is 5.56 Å². The summed E-state index contributed by atoms with van der Waals surface area (Å²) in [6, 6.07) is 21.4. The summed E-state index contributed by atoms with van der Waals surface area (Å²) in [5.74, 6) is 0.329. The lowest BCUT2D eigenvalue weighted by atomic mass is 9.95. The number of benzene rings is 3. The van der Waals surface area contributed by atoms with Crippen molar-refractivity contribution in [2.24, 2.45) is 5.92 Å². The minimum absolute atomic E-state index is 0.0216. The van der Waals surface area contributed by atoms with Crippen molar-refractivity contribution in [2.75, 3.05) is 0 Å². The van der Waals surface area contributed by atoms with Crippen LogP contribution in [0.1, 0.15) is 45.9 Å². The van der Waals surface area contributed by atoms with E-state index >= 15 is 0 Å². The number of carbonyl (C=O) groups excluding carboxylic acids is 1. The van der Waals surface area contributed by atoms with Gasteiger partial charge in [-0.2, -0.15) is 0 Å². The normalized spacial score (nSPS) is 11.6. The molecule has 4 rings (SSSR count). The number of nitrogens with zero attached hydrogens (tertiary/aromatic N) is 1. The maximum Gasteiger partial charge on any atom is 0.407 e. The van der Waals surface area contributed by atoms with Gasteiger partial charge in [0.05, 0.1) is 6.54 Å². The van der Waals surface area contributed by atoms with Gasteiger partial charge in [-0.25, -0.2) is 9.18 Å². The van der Waals surface area contributed by atoms with Gasteiger partial charge in [-0.05, 0) is 68.1 Å². The van der Waals surface area contributed by atoms with E-state index in [2.05, 4.69) is 5.32 Å². The molecule has 1 aromatic heterocycles. The Kier molecular flexibility index (Phi) is 8.38. The zero-order chi connectivity index (χ0) is 28.2. The Bertz CT molecular complexity index is 1520. The van der Waals surface area contributed by atoms with Crippen LogP contribution in [0.5, 0.6) is 5.75 Å². The fourth-order valence-corrected chi connectivity index (χ4v) is 4.48. The smallest absolute Gasteiger partial charge is 0.407 e. The molecule has 0 saturated heterocycles. The maximum absolute atomic E-state index is 14.5. The minimum atomic E-state index is -0.679. The molecule has 0 aliphatic carbocycles. The van der Waals surface area contributed by atoms with Gasteiger partial charge < -0.3 is 19.4 Å². The third kappa shape index (κ3) is 7.05. The van der Waals surface area contributed by atoms with E-state index < -0.39 is 17.5 Å². The average molecular weight is 531 g/mol. The van der Waals surface area contributed by atoms with Crippen LogP contribution in [0.3, 0.4) is 0 Å². The topological polar surface area (TPSA) is 69.6 Å². The number of aromatic nitrogens is 1. The van der Waals surface area contributed by atoms with Crippen LogP contribution in [0.2, 0.25) is 0 Å². The molecule has 0 saturated carbocycles. The van der Waals surface area contributed by atoms with Gasteiger partial charge in [0.15, 0.2) is 0 Å². The number of ether oxygens (including phenoxy) is 2. The van der Waals surface area contributed by atoms with Gasteiger partial charge in [-0.3, -0.25) is 4.79 Å². The van der Waals surface area contributed by atoms with E-state index in [1.807, 2.05) is 50.2 Å². The second-order valence-electron chi connectivity index (χ2n) is 11.0. The molecule has 0 spiro atoms. The van der Waals surface area contributed by atoms with Crippen molar-refractivity contribution in [1.29, 1.82) is 0 Å². The van der Waals surface area contributed by atoms with Gasteiger partial charge in [0.1, 0.15) is 23.8 Å². The summed E-state index contributed by atoms with van der Waals surface area (Å²) in [4.78, 5) is 26.4. The van der Waals surface area contributed by atoms with E-state index in [0.29, 0.717) is 46.5 Å². The third-order valence-corrected chi connectivity index (χ3v) is 6.06. The third-order valence-electron chi connectivity index (χ3n) is 6.06. The Hall–Kier alpha value is -4.13. The zero-order valence-electron chi connectivity index (χ0n) is 23.1. The molecule has 4 aromatic rings. The van der Waals surface area contributed by atoms with Gasteiger partial charge in [-0.1, -0.05) is 56.3 Å². The van der Waals surface area contributed by atoms with Crippen LogP contribution < -0.4 is 15.6 Å². The summed E-state index contributed by atoms with van der Waals surface area (Å²) < 4.78 is 27.7. The summed E-state index contributed by atoms with van der Waals surface area (Å²) >= 11 is 0. The molecule has 7 heteroatoms. The Morgan fingerprint density at radius 2 is 1.72 bits per heavy atom. The highest BCUT2D eigenvalue weighted by Gasteiger charge is 2.22.